The van der Waals surface area contributed by atoms with Gasteiger partial charge in [-0.15, -0.1) is 0 Å². The molecule has 1 aromatic carbocycles. The molecule has 0 radical (unpaired) electrons. The number of likely N-dealkylation sites (N-methyl/N-ethyl adjacent to an activating group) is 3. The van der Waals surface area contributed by atoms with Crippen LogP contribution in [0.4, 0.5) is 0 Å². The van der Waals surface area contributed by atoms with Crippen LogP contribution in [0, 0.1) is 11.3 Å². The first-order valence-electron chi connectivity index (χ1n) is 16.1. The summed E-state index contributed by atoms with van der Waals surface area (Å²) in [6, 6.07) is 8.22. The Labute approximate surface area is 270 Å². The van der Waals surface area contributed by atoms with Gasteiger partial charge in [0.05, 0.1) is 25.0 Å². The maximum absolute atomic E-state index is 14.2. The third-order valence-electron chi connectivity index (χ3n) is 8.98. The monoisotopic (exact) mass is 627 g/mol. The van der Waals surface area contributed by atoms with Gasteiger partial charge in [-0.2, -0.15) is 0 Å². The molecule has 1 fully saturated rings. The number of carbonyl (C=O) groups excluding carboxylic acids is 3. The van der Waals surface area contributed by atoms with Crippen molar-refractivity contribution < 1.29 is 24.3 Å². The summed E-state index contributed by atoms with van der Waals surface area (Å²) in [6.45, 7) is 15.3. The molecule has 10 nitrogen and oxygen atoms in total. The van der Waals surface area contributed by atoms with Crippen molar-refractivity contribution in [2.45, 2.75) is 97.3 Å². The Kier molecular flexibility index (Phi) is 13.8. The van der Waals surface area contributed by atoms with E-state index in [4.69, 9.17) is 5.11 Å². The van der Waals surface area contributed by atoms with E-state index in [0.717, 1.165) is 18.4 Å². The molecule has 4 atom stereocenters. The first-order chi connectivity index (χ1) is 20.9. The van der Waals surface area contributed by atoms with Crippen LogP contribution in [-0.2, 0) is 24.6 Å². The largest absolute Gasteiger partial charge is 0.481 e. The van der Waals surface area contributed by atoms with Crippen LogP contribution in [0.2, 0.25) is 0 Å². The van der Waals surface area contributed by atoms with E-state index in [1.165, 1.54) is 0 Å². The van der Waals surface area contributed by atoms with Crippen LogP contribution in [0.1, 0.15) is 73.3 Å². The lowest BCUT2D eigenvalue weighted by atomic mass is 9.76. The number of likely N-dealkylation sites (tertiary alicyclic amines) is 1. The van der Waals surface area contributed by atoms with Gasteiger partial charge in [-0.25, -0.2) is 0 Å². The highest BCUT2D eigenvalue weighted by molar-refractivity contribution is 5.91. The molecule has 0 bridgehead atoms. The number of rotatable bonds is 15. The Morgan fingerprint density at radius 2 is 1.67 bits per heavy atom. The summed E-state index contributed by atoms with van der Waals surface area (Å²) in [7, 11) is 5.42. The molecule has 3 N–H and O–H groups in total. The van der Waals surface area contributed by atoms with Gasteiger partial charge in [0.1, 0.15) is 6.04 Å². The van der Waals surface area contributed by atoms with Gasteiger partial charge in [-0.1, -0.05) is 91.0 Å². The predicted octanol–water partition coefficient (Wildman–Crippen LogP) is 3.52. The van der Waals surface area contributed by atoms with Crippen molar-refractivity contribution in [1.29, 1.82) is 0 Å². The zero-order valence-corrected chi connectivity index (χ0v) is 29.1. The number of carboxylic acids is 1. The van der Waals surface area contributed by atoms with E-state index in [9.17, 15) is 19.2 Å². The van der Waals surface area contributed by atoms with E-state index < -0.39 is 28.9 Å². The summed E-state index contributed by atoms with van der Waals surface area (Å²) in [5, 5.41) is 15.2. The Bertz CT molecular complexity index is 1180. The van der Waals surface area contributed by atoms with Crippen LogP contribution in [-0.4, -0.2) is 108 Å². The van der Waals surface area contributed by atoms with Crippen molar-refractivity contribution in [1.82, 2.24) is 25.3 Å². The predicted molar refractivity (Wildman–Crippen MR) is 179 cm³/mol. The van der Waals surface area contributed by atoms with Crippen LogP contribution in [0.15, 0.2) is 42.5 Å². The number of benzene rings is 1. The van der Waals surface area contributed by atoms with E-state index in [1.807, 2.05) is 87.9 Å². The van der Waals surface area contributed by atoms with Crippen LogP contribution < -0.4 is 10.6 Å². The molecule has 3 unspecified atom stereocenters. The number of carboxylic acid groups (broad SMARTS) is 1. The van der Waals surface area contributed by atoms with Gasteiger partial charge < -0.3 is 25.5 Å². The second-order valence-electron chi connectivity index (χ2n) is 14.4. The molecule has 1 aliphatic rings. The van der Waals surface area contributed by atoms with Crippen LogP contribution in [0.25, 0.3) is 0 Å². The SMILES string of the molecule is CNC(C(=O)NC(C(=O)N(C)[C@H](CN(C)CC(=O)N1CCCC1/C=C/CC(=O)O)C(C)C)C(C)(C)C)C(C)(C)c1ccccc1. The highest BCUT2D eigenvalue weighted by Gasteiger charge is 2.42. The third kappa shape index (κ3) is 10.4. The van der Waals surface area contributed by atoms with Gasteiger partial charge in [0.2, 0.25) is 17.7 Å². The quantitative estimate of drug-likeness (QED) is 0.255. The van der Waals surface area contributed by atoms with Gasteiger partial charge in [-0.05, 0) is 43.8 Å². The van der Waals surface area contributed by atoms with Gasteiger partial charge in [0.25, 0.3) is 0 Å². The number of carbonyl (C=O) groups is 4. The zero-order valence-electron chi connectivity index (χ0n) is 29.1. The average Bonchev–Trinajstić information content (AvgIpc) is 3.42. The van der Waals surface area contributed by atoms with Gasteiger partial charge in [-0.3, -0.25) is 24.1 Å². The van der Waals surface area contributed by atoms with Gasteiger partial charge >= 0.3 is 5.97 Å². The topological polar surface area (TPSA) is 122 Å². The molecule has 1 saturated heterocycles. The first kappa shape index (κ1) is 37.9. The molecule has 45 heavy (non-hydrogen) atoms. The fourth-order valence-electron chi connectivity index (χ4n) is 6.21. The fraction of sp³-hybridized carbons (Fsp3) is 0.657. The second-order valence-corrected chi connectivity index (χ2v) is 14.4. The van der Waals surface area contributed by atoms with Crippen molar-refractivity contribution in [3.63, 3.8) is 0 Å². The van der Waals surface area contributed by atoms with Gasteiger partial charge in [0.15, 0.2) is 0 Å². The normalized spacial score (nSPS) is 17.9. The van der Waals surface area contributed by atoms with E-state index in [-0.39, 0.29) is 48.7 Å². The maximum atomic E-state index is 14.2. The van der Waals surface area contributed by atoms with Crippen LogP contribution >= 0.6 is 0 Å². The molecule has 1 aliphatic heterocycles. The molecule has 0 saturated carbocycles. The summed E-state index contributed by atoms with van der Waals surface area (Å²) in [6.07, 6.45) is 5.06. The number of hydrogen-bond donors (Lipinski definition) is 3. The van der Waals surface area contributed by atoms with E-state index in [0.29, 0.717) is 13.1 Å². The summed E-state index contributed by atoms with van der Waals surface area (Å²) in [5.74, 6) is -1.24. The lowest BCUT2D eigenvalue weighted by Crippen LogP contribution is -2.62. The summed E-state index contributed by atoms with van der Waals surface area (Å²) in [5.41, 5.74) is -0.0734. The third-order valence-corrected chi connectivity index (χ3v) is 8.98. The minimum Gasteiger partial charge on any atom is -0.481 e. The molecule has 1 aromatic rings. The lowest BCUT2D eigenvalue weighted by Gasteiger charge is -2.41. The molecular weight excluding hydrogens is 570 g/mol. The van der Waals surface area contributed by atoms with Crippen molar-refractivity contribution in [3.8, 4) is 0 Å². The van der Waals surface area contributed by atoms with Crippen LogP contribution in [0.3, 0.4) is 0 Å². The Morgan fingerprint density at radius 1 is 1.04 bits per heavy atom. The smallest absolute Gasteiger partial charge is 0.307 e. The molecule has 252 valence electrons. The van der Waals surface area contributed by atoms with E-state index >= 15 is 0 Å². The van der Waals surface area contributed by atoms with Crippen LogP contribution in [0.5, 0.6) is 0 Å². The molecular formula is C35H57N5O5. The fourth-order valence-corrected chi connectivity index (χ4v) is 6.21. The maximum Gasteiger partial charge on any atom is 0.307 e. The highest BCUT2D eigenvalue weighted by Crippen LogP contribution is 2.29. The number of hydrogen-bond acceptors (Lipinski definition) is 6. The summed E-state index contributed by atoms with van der Waals surface area (Å²) in [4.78, 5) is 57.6. The molecule has 0 aromatic heterocycles. The average molecular weight is 628 g/mol. The molecule has 1 heterocycles. The Balaban J connectivity index is 2.17. The molecule has 0 spiro atoms. The van der Waals surface area contributed by atoms with Crippen molar-refractivity contribution >= 4 is 23.7 Å². The second kappa shape index (κ2) is 16.4. The summed E-state index contributed by atoms with van der Waals surface area (Å²) < 4.78 is 0. The summed E-state index contributed by atoms with van der Waals surface area (Å²) >= 11 is 0. The number of aliphatic carboxylic acids is 1. The van der Waals surface area contributed by atoms with Gasteiger partial charge in [0, 0.05) is 31.6 Å². The molecule has 0 aliphatic carbocycles. The molecule has 3 amide bonds. The molecule has 2 rings (SSSR count). The lowest BCUT2D eigenvalue weighted by molar-refractivity contribution is -0.142. The highest BCUT2D eigenvalue weighted by atomic mass is 16.4. The van der Waals surface area contributed by atoms with Crippen molar-refractivity contribution in [2.24, 2.45) is 11.3 Å². The number of nitrogens with zero attached hydrogens (tertiary/aromatic N) is 3. The minimum absolute atomic E-state index is 0.0181. The van der Waals surface area contributed by atoms with E-state index in [1.54, 1.807) is 25.1 Å². The standard InChI is InChI=1S/C35H57N5O5/c1-24(2)27(22-38(9)23-28(41)40-21-15-19-26(40)18-14-20-29(42)43)39(10)33(45)31(34(3,4)5)37-32(44)30(36-8)35(6,7)25-16-12-11-13-17-25/h11-14,16-18,24,26-27,30-31,36H,15,19-23H2,1-10H3,(H,37,44)(H,42,43)/b18-14+/t26?,27-,30?,31?/m1/s1. The molecule has 10 heteroatoms. The number of amides is 3. The van der Waals surface area contributed by atoms with E-state index in [2.05, 4.69) is 24.5 Å². The van der Waals surface area contributed by atoms with Crippen molar-refractivity contribution in [2.75, 3.05) is 40.8 Å². The zero-order chi connectivity index (χ0) is 34.1. The minimum atomic E-state index is -0.897. The number of nitrogens with one attached hydrogen (secondary N) is 2. The Hall–Kier alpha value is -3.24. The Morgan fingerprint density at radius 3 is 2.20 bits per heavy atom. The van der Waals surface area contributed by atoms with Crippen molar-refractivity contribution in [3.05, 3.63) is 48.0 Å². The first-order valence-corrected chi connectivity index (χ1v) is 16.1.